The van der Waals surface area contributed by atoms with Gasteiger partial charge in [-0.25, -0.2) is 4.79 Å². The maximum atomic E-state index is 10.9. The minimum atomic E-state index is -1.57. The van der Waals surface area contributed by atoms with E-state index in [2.05, 4.69) is 10.1 Å². The Bertz CT molecular complexity index is 247. The van der Waals surface area contributed by atoms with E-state index in [0.717, 1.165) is 0 Å². The molecule has 94 valence electrons. The molecule has 0 saturated carbocycles. The van der Waals surface area contributed by atoms with Gasteiger partial charge >= 0.3 is 6.09 Å². The Labute approximate surface area is 91.4 Å². The summed E-state index contributed by atoms with van der Waals surface area (Å²) in [6, 6.07) is 0. The zero-order chi connectivity index (χ0) is 12.3. The lowest BCUT2D eigenvalue weighted by Gasteiger charge is -2.38. The van der Waals surface area contributed by atoms with Crippen LogP contribution in [0, 0.1) is 0 Å². The minimum Gasteiger partial charge on any atom is -0.417 e. The van der Waals surface area contributed by atoms with Crippen LogP contribution in [0.2, 0.25) is 0 Å². The minimum absolute atomic E-state index is 0.571. The summed E-state index contributed by atoms with van der Waals surface area (Å²) in [5.41, 5.74) is 0. The van der Waals surface area contributed by atoms with Crippen LogP contribution in [0.15, 0.2) is 0 Å². The molecule has 0 aromatic heterocycles. The number of hydrogen-bond donors (Lipinski definition) is 5. The number of rotatable bonds is 2. The summed E-state index contributed by atoms with van der Waals surface area (Å²) >= 11 is 0. The molecule has 5 atom stereocenters. The molecular formula is C8H15NO7. The molecule has 0 aromatic rings. The molecular weight excluding hydrogens is 222 g/mol. The van der Waals surface area contributed by atoms with Gasteiger partial charge in [0.1, 0.15) is 24.4 Å². The third-order valence-corrected chi connectivity index (χ3v) is 2.28. The van der Waals surface area contributed by atoms with Gasteiger partial charge in [0.15, 0.2) is 0 Å². The van der Waals surface area contributed by atoms with Crippen molar-refractivity contribution >= 4 is 6.09 Å². The Hall–Kier alpha value is -0.930. The second-order valence-electron chi connectivity index (χ2n) is 3.35. The molecule has 0 aliphatic carbocycles. The monoisotopic (exact) mass is 237 g/mol. The molecule has 1 amide bonds. The topological polar surface area (TPSA) is 128 Å². The Balaban J connectivity index is 2.67. The maximum Gasteiger partial charge on any atom is 0.409 e. The number of carbonyl (C=O) groups is 1. The average molecular weight is 237 g/mol. The van der Waals surface area contributed by atoms with Crippen molar-refractivity contribution in [3.8, 4) is 0 Å². The molecule has 16 heavy (non-hydrogen) atoms. The van der Waals surface area contributed by atoms with Gasteiger partial charge in [-0.1, -0.05) is 0 Å². The van der Waals surface area contributed by atoms with Crippen LogP contribution < -0.4 is 5.32 Å². The fourth-order valence-electron chi connectivity index (χ4n) is 1.33. The van der Waals surface area contributed by atoms with Crippen molar-refractivity contribution in [3.63, 3.8) is 0 Å². The molecule has 1 saturated heterocycles. The highest BCUT2D eigenvalue weighted by Crippen LogP contribution is 2.21. The molecule has 1 heterocycles. The highest BCUT2D eigenvalue weighted by molar-refractivity contribution is 5.66. The zero-order valence-corrected chi connectivity index (χ0v) is 8.61. The van der Waals surface area contributed by atoms with Crippen LogP contribution in [0.4, 0.5) is 4.79 Å². The van der Waals surface area contributed by atoms with Crippen LogP contribution in [0.5, 0.6) is 0 Å². The number of amides is 1. The van der Waals surface area contributed by atoms with Crippen LogP contribution in [0.1, 0.15) is 0 Å². The van der Waals surface area contributed by atoms with Gasteiger partial charge in [-0.15, -0.1) is 0 Å². The van der Waals surface area contributed by atoms with E-state index in [1.807, 2.05) is 0 Å². The number of alkyl carbamates (subject to hydrolysis) is 1. The molecule has 0 aromatic carbocycles. The summed E-state index contributed by atoms with van der Waals surface area (Å²) in [7, 11) is 1.31. The van der Waals surface area contributed by atoms with E-state index < -0.39 is 43.4 Å². The smallest absolute Gasteiger partial charge is 0.409 e. The predicted molar refractivity (Wildman–Crippen MR) is 49.3 cm³/mol. The molecule has 1 fully saturated rings. The first-order chi connectivity index (χ1) is 7.51. The lowest BCUT2D eigenvalue weighted by Crippen LogP contribution is -2.59. The van der Waals surface area contributed by atoms with Crippen LogP contribution in [0.25, 0.3) is 0 Å². The van der Waals surface area contributed by atoms with E-state index in [1.54, 1.807) is 0 Å². The highest BCUT2D eigenvalue weighted by atomic mass is 16.7. The van der Waals surface area contributed by atoms with Crippen LogP contribution in [0.3, 0.4) is 0 Å². The third-order valence-electron chi connectivity index (χ3n) is 2.28. The van der Waals surface area contributed by atoms with Crippen LogP contribution in [-0.4, -0.2) is 70.9 Å². The van der Waals surface area contributed by atoms with Gasteiger partial charge in [-0.3, -0.25) is 0 Å². The van der Waals surface area contributed by atoms with Gasteiger partial charge in [0, 0.05) is 7.05 Å². The molecule has 8 nitrogen and oxygen atoms in total. The van der Waals surface area contributed by atoms with Crippen molar-refractivity contribution in [3.05, 3.63) is 0 Å². The van der Waals surface area contributed by atoms with Gasteiger partial charge in [0.2, 0.25) is 6.29 Å². The maximum absolute atomic E-state index is 10.9. The van der Waals surface area contributed by atoms with Crippen molar-refractivity contribution in [2.45, 2.75) is 30.7 Å². The summed E-state index contributed by atoms with van der Waals surface area (Å²) in [6.45, 7) is -0.571. The summed E-state index contributed by atoms with van der Waals surface area (Å²) in [4.78, 5) is 10.9. The number of ether oxygens (including phenoxy) is 2. The fourth-order valence-corrected chi connectivity index (χ4v) is 1.33. The standard InChI is InChI=1S/C8H15NO7/c1-9-8(14)16-7-6(13)5(12)4(11)3(2-10)15-7/h3-7,10-13H,2H2,1H3,(H,9,14)/t3-,4-,5+,6-,7?/m1/s1. The first-order valence-corrected chi connectivity index (χ1v) is 4.70. The number of aliphatic hydroxyl groups is 4. The van der Waals surface area contributed by atoms with Gasteiger partial charge in [0.05, 0.1) is 6.61 Å². The van der Waals surface area contributed by atoms with E-state index in [0.29, 0.717) is 0 Å². The summed E-state index contributed by atoms with van der Waals surface area (Å²) in [5.74, 6) is 0. The quantitative estimate of drug-likeness (QED) is 0.349. The Morgan fingerprint density at radius 2 is 1.94 bits per heavy atom. The molecule has 1 aliphatic rings. The van der Waals surface area contributed by atoms with E-state index in [1.165, 1.54) is 7.05 Å². The van der Waals surface area contributed by atoms with Crippen molar-refractivity contribution in [1.29, 1.82) is 0 Å². The number of carbonyl (C=O) groups excluding carboxylic acids is 1. The first-order valence-electron chi connectivity index (χ1n) is 4.70. The summed E-state index contributed by atoms with van der Waals surface area (Å²) in [6.07, 6.45) is -7.98. The SMILES string of the molecule is CNC(=O)OC1O[C@H](CO)[C@@H](O)[C@H](O)[C@H]1O. The van der Waals surface area contributed by atoms with E-state index in [9.17, 15) is 20.1 Å². The molecule has 1 unspecified atom stereocenters. The number of nitrogens with one attached hydrogen (secondary N) is 1. The van der Waals surface area contributed by atoms with Gasteiger partial charge in [0.25, 0.3) is 0 Å². The molecule has 8 heteroatoms. The van der Waals surface area contributed by atoms with Crippen molar-refractivity contribution in [2.75, 3.05) is 13.7 Å². The lowest BCUT2D eigenvalue weighted by molar-refractivity contribution is -0.284. The second kappa shape index (κ2) is 5.41. The fraction of sp³-hybridized carbons (Fsp3) is 0.875. The Morgan fingerprint density at radius 3 is 2.44 bits per heavy atom. The average Bonchev–Trinajstić information content (AvgIpc) is 2.29. The normalized spacial score (nSPS) is 39.2. The largest absolute Gasteiger partial charge is 0.417 e. The Kier molecular flexibility index (Phi) is 4.44. The summed E-state index contributed by atoms with van der Waals surface area (Å²) in [5, 5.41) is 39.2. The van der Waals surface area contributed by atoms with E-state index in [-0.39, 0.29) is 0 Å². The van der Waals surface area contributed by atoms with Gasteiger partial charge in [-0.2, -0.15) is 0 Å². The predicted octanol–water partition coefficient (Wildman–Crippen LogP) is -2.86. The van der Waals surface area contributed by atoms with Crippen LogP contribution in [-0.2, 0) is 9.47 Å². The van der Waals surface area contributed by atoms with Crippen molar-refractivity contribution < 1.29 is 34.7 Å². The van der Waals surface area contributed by atoms with Gasteiger partial charge < -0.3 is 35.2 Å². The van der Waals surface area contributed by atoms with Crippen LogP contribution >= 0.6 is 0 Å². The van der Waals surface area contributed by atoms with Crippen molar-refractivity contribution in [1.82, 2.24) is 5.32 Å². The Morgan fingerprint density at radius 1 is 1.31 bits per heavy atom. The molecule has 1 aliphatic heterocycles. The molecule has 0 spiro atoms. The first kappa shape index (κ1) is 13.1. The van der Waals surface area contributed by atoms with E-state index >= 15 is 0 Å². The molecule has 0 bridgehead atoms. The van der Waals surface area contributed by atoms with Gasteiger partial charge in [-0.05, 0) is 0 Å². The second-order valence-corrected chi connectivity index (χ2v) is 3.35. The number of aliphatic hydroxyl groups excluding tert-OH is 4. The zero-order valence-electron chi connectivity index (χ0n) is 8.61. The van der Waals surface area contributed by atoms with E-state index in [4.69, 9.17) is 9.84 Å². The highest BCUT2D eigenvalue weighted by Gasteiger charge is 2.45. The van der Waals surface area contributed by atoms with Crippen molar-refractivity contribution in [2.24, 2.45) is 0 Å². The molecule has 0 radical (unpaired) electrons. The summed E-state index contributed by atoms with van der Waals surface area (Å²) < 4.78 is 9.51. The molecule has 5 N–H and O–H groups in total. The lowest BCUT2D eigenvalue weighted by atomic mass is 9.99. The number of hydrogen-bond acceptors (Lipinski definition) is 7. The third kappa shape index (κ3) is 2.60. The molecule has 1 rings (SSSR count).